The van der Waals surface area contributed by atoms with Crippen molar-refractivity contribution in [2.45, 2.75) is 25.2 Å². The Hall–Kier alpha value is -2.79. The van der Waals surface area contributed by atoms with Crippen LogP contribution in [0.2, 0.25) is 0 Å². The van der Waals surface area contributed by atoms with Gasteiger partial charge in [-0.25, -0.2) is 4.98 Å². The second-order valence-electron chi connectivity index (χ2n) is 8.97. The molecule has 2 fully saturated rings. The first-order valence-corrected chi connectivity index (χ1v) is 10.9. The van der Waals surface area contributed by atoms with E-state index < -0.39 is 0 Å². The standard InChI is InChI=1S/C25H29N5/c1-29-13-8-25(18-29)9-14-30(19-25)24-20(5-4-12-28-24)15-23(21-6-2-10-26-16-21)22-7-3-11-27-17-22/h2-7,10-12,16-17,23H,8-9,13-15,18-19H2,1H3. The normalized spacial score (nSPS) is 21.7. The summed E-state index contributed by atoms with van der Waals surface area (Å²) >= 11 is 0. The highest BCUT2D eigenvalue weighted by Gasteiger charge is 2.43. The fraction of sp³-hybridized carbons (Fsp3) is 0.400. The van der Waals surface area contributed by atoms with Crippen LogP contribution in [-0.4, -0.2) is 53.1 Å². The number of aromatic nitrogens is 3. The van der Waals surface area contributed by atoms with E-state index in [-0.39, 0.29) is 5.92 Å². The molecule has 1 unspecified atom stereocenters. The molecule has 0 amide bonds. The third kappa shape index (κ3) is 3.82. The Labute approximate surface area is 178 Å². The second-order valence-corrected chi connectivity index (χ2v) is 8.97. The number of pyridine rings is 3. The molecule has 5 rings (SSSR count). The second kappa shape index (κ2) is 8.15. The SMILES string of the molecule is CN1CCC2(CCN(c3ncccc3CC(c3cccnc3)c3cccnc3)C2)C1. The first kappa shape index (κ1) is 19.2. The van der Waals surface area contributed by atoms with Crippen LogP contribution in [0.15, 0.2) is 67.4 Å². The highest BCUT2D eigenvalue weighted by atomic mass is 15.2. The summed E-state index contributed by atoms with van der Waals surface area (Å²) in [5, 5.41) is 0. The van der Waals surface area contributed by atoms with Crippen LogP contribution in [0, 0.1) is 5.41 Å². The quantitative estimate of drug-likeness (QED) is 0.653. The summed E-state index contributed by atoms with van der Waals surface area (Å²) in [6.45, 7) is 4.64. The zero-order valence-electron chi connectivity index (χ0n) is 17.6. The van der Waals surface area contributed by atoms with Gasteiger partial charge in [0.05, 0.1) is 0 Å². The molecule has 2 aliphatic heterocycles. The Morgan fingerprint density at radius 1 is 0.900 bits per heavy atom. The van der Waals surface area contributed by atoms with E-state index in [2.05, 4.69) is 51.1 Å². The van der Waals surface area contributed by atoms with Crippen molar-refractivity contribution < 1.29 is 0 Å². The number of hydrogen-bond donors (Lipinski definition) is 0. The van der Waals surface area contributed by atoms with E-state index in [9.17, 15) is 0 Å². The van der Waals surface area contributed by atoms with Crippen molar-refractivity contribution in [1.29, 1.82) is 0 Å². The predicted octanol–water partition coefficient (Wildman–Crippen LogP) is 3.78. The summed E-state index contributed by atoms with van der Waals surface area (Å²) in [4.78, 5) is 18.6. The van der Waals surface area contributed by atoms with Crippen molar-refractivity contribution >= 4 is 5.82 Å². The molecule has 1 atom stereocenters. The van der Waals surface area contributed by atoms with E-state index in [1.165, 1.54) is 42.6 Å². The topological polar surface area (TPSA) is 45.2 Å². The molecular weight excluding hydrogens is 370 g/mol. The number of rotatable bonds is 5. The zero-order valence-corrected chi connectivity index (χ0v) is 17.6. The van der Waals surface area contributed by atoms with Crippen molar-refractivity contribution in [3.8, 4) is 0 Å². The molecule has 2 aliphatic rings. The van der Waals surface area contributed by atoms with E-state index >= 15 is 0 Å². The van der Waals surface area contributed by atoms with E-state index in [4.69, 9.17) is 4.98 Å². The van der Waals surface area contributed by atoms with E-state index in [1.54, 1.807) is 0 Å². The van der Waals surface area contributed by atoms with Crippen LogP contribution in [0.4, 0.5) is 5.82 Å². The Balaban J connectivity index is 1.44. The summed E-state index contributed by atoms with van der Waals surface area (Å²) in [6, 6.07) is 12.7. The lowest BCUT2D eigenvalue weighted by molar-refractivity contribution is 0.312. The Kier molecular flexibility index (Phi) is 5.21. The van der Waals surface area contributed by atoms with Gasteiger partial charge in [0.1, 0.15) is 5.82 Å². The summed E-state index contributed by atoms with van der Waals surface area (Å²) in [6.07, 6.45) is 13.0. The van der Waals surface area contributed by atoms with Gasteiger partial charge in [-0.2, -0.15) is 0 Å². The van der Waals surface area contributed by atoms with E-state index in [0.29, 0.717) is 5.41 Å². The predicted molar refractivity (Wildman–Crippen MR) is 120 cm³/mol. The maximum atomic E-state index is 4.86. The van der Waals surface area contributed by atoms with E-state index in [0.717, 1.165) is 25.3 Å². The van der Waals surface area contributed by atoms with Gasteiger partial charge in [0.2, 0.25) is 0 Å². The zero-order chi connectivity index (χ0) is 20.4. The van der Waals surface area contributed by atoms with Gasteiger partial charge in [0.15, 0.2) is 0 Å². The van der Waals surface area contributed by atoms with Crippen molar-refractivity contribution in [3.05, 3.63) is 84.1 Å². The monoisotopic (exact) mass is 399 g/mol. The molecule has 3 aromatic rings. The molecular formula is C25H29N5. The fourth-order valence-electron chi connectivity index (χ4n) is 5.29. The van der Waals surface area contributed by atoms with Crippen LogP contribution in [0.5, 0.6) is 0 Å². The van der Waals surface area contributed by atoms with Crippen molar-refractivity contribution in [2.75, 3.05) is 38.1 Å². The van der Waals surface area contributed by atoms with Crippen LogP contribution >= 0.6 is 0 Å². The first-order valence-electron chi connectivity index (χ1n) is 10.9. The smallest absolute Gasteiger partial charge is 0.131 e. The molecule has 5 nitrogen and oxygen atoms in total. The van der Waals surface area contributed by atoms with Gasteiger partial charge in [-0.1, -0.05) is 18.2 Å². The summed E-state index contributed by atoms with van der Waals surface area (Å²) in [7, 11) is 2.25. The van der Waals surface area contributed by atoms with Crippen molar-refractivity contribution in [2.24, 2.45) is 5.41 Å². The molecule has 30 heavy (non-hydrogen) atoms. The third-order valence-electron chi connectivity index (χ3n) is 6.83. The summed E-state index contributed by atoms with van der Waals surface area (Å²) in [5.41, 5.74) is 4.18. The van der Waals surface area contributed by atoms with Crippen LogP contribution in [0.3, 0.4) is 0 Å². The van der Waals surface area contributed by atoms with Gasteiger partial charge in [-0.15, -0.1) is 0 Å². The maximum absolute atomic E-state index is 4.86. The lowest BCUT2D eigenvalue weighted by Crippen LogP contribution is -2.30. The molecule has 0 N–H and O–H groups in total. The number of likely N-dealkylation sites (tertiary alicyclic amines) is 1. The fourth-order valence-corrected chi connectivity index (χ4v) is 5.29. The van der Waals surface area contributed by atoms with Gasteiger partial charge < -0.3 is 9.80 Å². The van der Waals surface area contributed by atoms with Crippen LogP contribution < -0.4 is 4.90 Å². The molecule has 5 heteroatoms. The molecule has 0 saturated carbocycles. The lowest BCUT2D eigenvalue weighted by atomic mass is 9.86. The Bertz CT molecular complexity index is 938. The number of hydrogen-bond acceptors (Lipinski definition) is 5. The average Bonchev–Trinajstić information content (AvgIpc) is 3.38. The molecule has 1 spiro atoms. The molecule has 0 aliphatic carbocycles. The van der Waals surface area contributed by atoms with E-state index in [1.807, 2.05) is 43.1 Å². The summed E-state index contributed by atoms with van der Waals surface area (Å²) < 4.78 is 0. The van der Waals surface area contributed by atoms with Gasteiger partial charge >= 0.3 is 0 Å². The molecule has 3 aromatic heterocycles. The Morgan fingerprint density at radius 3 is 2.23 bits per heavy atom. The van der Waals surface area contributed by atoms with Gasteiger partial charge in [-0.3, -0.25) is 9.97 Å². The molecule has 0 radical (unpaired) electrons. The minimum atomic E-state index is 0.213. The van der Waals surface area contributed by atoms with Crippen molar-refractivity contribution in [3.63, 3.8) is 0 Å². The lowest BCUT2D eigenvalue weighted by Gasteiger charge is -2.26. The van der Waals surface area contributed by atoms with Crippen molar-refractivity contribution in [1.82, 2.24) is 19.9 Å². The highest BCUT2D eigenvalue weighted by molar-refractivity contribution is 5.50. The molecule has 2 saturated heterocycles. The number of anilines is 1. The Morgan fingerprint density at radius 2 is 1.60 bits per heavy atom. The van der Waals surface area contributed by atoms with Crippen LogP contribution in [-0.2, 0) is 6.42 Å². The van der Waals surface area contributed by atoms with Gasteiger partial charge in [-0.05, 0) is 67.7 Å². The van der Waals surface area contributed by atoms with Gasteiger partial charge in [0, 0.05) is 62.0 Å². The molecule has 0 aromatic carbocycles. The maximum Gasteiger partial charge on any atom is 0.131 e. The third-order valence-corrected chi connectivity index (χ3v) is 6.83. The molecule has 0 bridgehead atoms. The average molecular weight is 400 g/mol. The minimum Gasteiger partial charge on any atom is -0.356 e. The van der Waals surface area contributed by atoms with Gasteiger partial charge in [0.25, 0.3) is 0 Å². The number of nitrogens with zero attached hydrogens (tertiary/aromatic N) is 5. The summed E-state index contributed by atoms with van der Waals surface area (Å²) in [5.74, 6) is 1.37. The molecule has 5 heterocycles. The van der Waals surface area contributed by atoms with Crippen LogP contribution in [0.1, 0.15) is 35.4 Å². The molecule has 154 valence electrons. The highest BCUT2D eigenvalue weighted by Crippen LogP contribution is 2.41. The first-order chi connectivity index (χ1) is 14.7. The minimum absolute atomic E-state index is 0.213. The van der Waals surface area contributed by atoms with Crippen LogP contribution in [0.25, 0.3) is 0 Å². The largest absolute Gasteiger partial charge is 0.356 e.